The predicted molar refractivity (Wildman–Crippen MR) is 56.3 cm³/mol. The molecule has 3 N–H and O–H groups in total. The molecule has 1 heterocycles. The smallest absolute Gasteiger partial charge is 0.315 e. The molecule has 1 aromatic heterocycles. The van der Waals surface area contributed by atoms with Gasteiger partial charge in [0.1, 0.15) is 0 Å². The second kappa shape index (κ2) is 4.33. The van der Waals surface area contributed by atoms with Crippen molar-refractivity contribution in [2.45, 2.75) is 38.3 Å². The van der Waals surface area contributed by atoms with E-state index in [0.717, 1.165) is 18.4 Å². The minimum atomic E-state index is -0.0894. The molecule has 0 aliphatic heterocycles. The van der Waals surface area contributed by atoms with Gasteiger partial charge in [-0.05, 0) is 26.2 Å². The van der Waals surface area contributed by atoms with Crippen LogP contribution in [0.4, 0.5) is 4.79 Å². The molecule has 0 spiro atoms. The van der Waals surface area contributed by atoms with Crippen molar-refractivity contribution in [2.75, 3.05) is 0 Å². The van der Waals surface area contributed by atoms with Gasteiger partial charge < -0.3 is 10.6 Å². The molecule has 1 aliphatic rings. The Morgan fingerprint density at radius 2 is 2.47 bits per heavy atom. The number of amides is 2. The number of urea groups is 1. The van der Waals surface area contributed by atoms with E-state index in [4.69, 9.17) is 0 Å². The van der Waals surface area contributed by atoms with Crippen LogP contribution in [0.25, 0.3) is 0 Å². The van der Waals surface area contributed by atoms with Gasteiger partial charge in [0.25, 0.3) is 0 Å². The van der Waals surface area contributed by atoms with Crippen LogP contribution >= 0.6 is 0 Å². The molecular weight excluding hydrogens is 192 g/mol. The number of hydrogen-bond donors (Lipinski definition) is 3. The molecule has 15 heavy (non-hydrogen) atoms. The SMILES string of the molecule is CC(NC(=O)NC1CCC1)c1cn[nH]c1. The molecule has 5 nitrogen and oxygen atoms in total. The maximum atomic E-state index is 11.5. The normalized spacial score (nSPS) is 17.9. The minimum Gasteiger partial charge on any atom is -0.335 e. The third-order valence-corrected chi connectivity index (χ3v) is 2.81. The molecule has 0 bridgehead atoms. The van der Waals surface area contributed by atoms with Crippen LogP contribution in [0.1, 0.15) is 37.8 Å². The number of nitrogens with zero attached hydrogens (tertiary/aromatic N) is 1. The maximum Gasteiger partial charge on any atom is 0.315 e. The first kappa shape index (κ1) is 10.0. The summed E-state index contributed by atoms with van der Waals surface area (Å²) >= 11 is 0. The standard InChI is InChI=1S/C10H16N4O/c1-7(8-5-11-12-6-8)13-10(15)14-9-3-2-4-9/h5-7,9H,2-4H2,1H3,(H,11,12)(H2,13,14,15). The summed E-state index contributed by atoms with van der Waals surface area (Å²) in [6.45, 7) is 1.94. The number of aromatic nitrogens is 2. The average molecular weight is 208 g/mol. The second-order valence-electron chi connectivity index (χ2n) is 4.00. The molecule has 1 atom stereocenters. The molecule has 1 aliphatic carbocycles. The molecule has 0 aromatic carbocycles. The topological polar surface area (TPSA) is 69.8 Å². The van der Waals surface area contributed by atoms with E-state index in [-0.39, 0.29) is 12.1 Å². The van der Waals surface area contributed by atoms with Crippen LogP contribution in [0, 0.1) is 0 Å². The Labute approximate surface area is 88.6 Å². The van der Waals surface area contributed by atoms with Gasteiger partial charge in [0.15, 0.2) is 0 Å². The summed E-state index contributed by atoms with van der Waals surface area (Å²) in [5.41, 5.74) is 0.985. The third-order valence-electron chi connectivity index (χ3n) is 2.81. The minimum absolute atomic E-state index is 0.0103. The first-order valence-electron chi connectivity index (χ1n) is 5.31. The van der Waals surface area contributed by atoms with Gasteiger partial charge in [-0.3, -0.25) is 5.10 Å². The van der Waals surface area contributed by atoms with E-state index in [9.17, 15) is 4.79 Å². The zero-order valence-electron chi connectivity index (χ0n) is 8.79. The Morgan fingerprint density at radius 3 is 3.00 bits per heavy atom. The Balaban J connectivity index is 1.78. The molecule has 0 saturated heterocycles. The summed E-state index contributed by atoms with van der Waals surface area (Å²) in [7, 11) is 0. The quantitative estimate of drug-likeness (QED) is 0.701. The number of carbonyl (C=O) groups excluding carboxylic acids is 1. The maximum absolute atomic E-state index is 11.5. The summed E-state index contributed by atoms with van der Waals surface area (Å²) < 4.78 is 0. The fourth-order valence-corrected chi connectivity index (χ4v) is 1.56. The van der Waals surface area contributed by atoms with Crippen LogP contribution in [0.2, 0.25) is 0 Å². The molecule has 2 amide bonds. The lowest BCUT2D eigenvalue weighted by Gasteiger charge is -2.27. The van der Waals surface area contributed by atoms with E-state index in [1.165, 1.54) is 6.42 Å². The van der Waals surface area contributed by atoms with Crippen molar-refractivity contribution in [3.8, 4) is 0 Å². The molecule has 1 unspecified atom stereocenters. The van der Waals surface area contributed by atoms with E-state index >= 15 is 0 Å². The zero-order chi connectivity index (χ0) is 10.7. The van der Waals surface area contributed by atoms with Crippen LogP contribution in [0.3, 0.4) is 0 Å². The van der Waals surface area contributed by atoms with Gasteiger partial charge in [-0.25, -0.2) is 4.79 Å². The van der Waals surface area contributed by atoms with Crippen molar-refractivity contribution in [2.24, 2.45) is 0 Å². The summed E-state index contributed by atoms with van der Waals surface area (Å²) in [5, 5.41) is 12.4. The lowest BCUT2D eigenvalue weighted by Crippen LogP contribution is -2.45. The van der Waals surface area contributed by atoms with Crippen LogP contribution in [0.5, 0.6) is 0 Å². The summed E-state index contributed by atoms with van der Waals surface area (Å²) in [5.74, 6) is 0. The van der Waals surface area contributed by atoms with Crippen LogP contribution in [-0.2, 0) is 0 Å². The van der Waals surface area contributed by atoms with Gasteiger partial charge in [-0.15, -0.1) is 0 Å². The molecule has 2 rings (SSSR count). The van der Waals surface area contributed by atoms with Crippen molar-refractivity contribution in [3.63, 3.8) is 0 Å². The van der Waals surface area contributed by atoms with Crippen molar-refractivity contribution in [1.82, 2.24) is 20.8 Å². The predicted octanol–water partition coefficient (Wildman–Crippen LogP) is 1.32. The number of rotatable bonds is 3. The van der Waals surface area contributed by atoms with E-state index in [1.807, 2.05) is 6.92 Å². The fourth-order valence-electron chi connectivity index (χ4n) is 1.56. The molecule has 82 valence electrons. The average Bonchev–Trinajstić information content (AvgIpc) is 2.64. The Morgan fingerprint density at radius 1 is 1.67 bits per heavy atom. The Hall–Kier alpha value is -1.52. The Bertz CT molecular complexity index is 318. The van der Waals surface area contributed by atoms with Crippen LogP contribution < -0.4 is 10.6 Å². The van der Waals surface area contributed by atoms with E-state index in [0.29, 0.717) is 6.04 Å². The first-order valence-corrected chi connectivity index (χ1v) is 5.31. The number of nitrogens with one attached hydrogen (secondary N) is 3. The number of H-pyrrole nitrogens is 1. The highest BCUT2D eigenvalue weighted by molar-refractivity contribution is 5.74. The van der Waals surface area contributed by atoms with Crippen LogP contribution in [-0.4, -0.2) is 22.3 Å². The lowest BCUT2D eigenvalue weighted by atomic mass is 9.93. The van der Waals surface area contributed by atoms with E-state index < -0.39 is 0 Å². The summed E-state index contributed by atoms with van der Waals surface area (Å²) in [6, 6.07) is 0.277. The molecule has 5 heteroatoms. The molecule has 1 saturated carbocycles. The first-order chi connectivity index (χ1) is 7.25. The van der Waals surface area contributed by atoms with Gasteiger partial charge in [0, 0.05) is 17.8 Å². The van der Waals surface area contributed by atoms with Crippen molar-refractivity contribution in [3.05, 3.63) is 18.0 Å². The largest absolute Gasteiger partial charge is 0.335 e. The van der Waals surface area contributed by atoms with Crippen molar-refractivity contribution < 1.29 is 4.79 Å². The fraction of sp³-hybridized carbons (Fsp3) is 0.600. The van der Waals surface area contributed by atoms with E-state index in [2.05, 4.69) is 20.8 Å². The number of carbonyl (C=O) groups is 1. The highest BCUT2D eigenvalue weighted by Gasteiger charge is 2.20. The van der Waals surface area contributed by atoms with Crippen LogP contribution in [0.15, 0.2) is 12.4 Å². The molecule has 1 fully saturated rings. The summed E-state index contributed by atoms with van der Waals surface area (Å²) in [4.78, 5) is 11.5. The summed E-state index contributed by atoms with van der Waals surface area (Å²) in [6.07, 6.45) is 6.94. The van der Waals surface area contributed by atoms with Crippen molar-refractivity contribution in [1.29, 1.82) is 0 Å². The number of hydrogen-bond acceptors (Lipinski definition) is 2. The zero-order valence-corrected chi connectivity index (χ0v) is 8.79. The number of aromatic amines is 1. The monoisotopic (exact) mass is 208 g/mol. The molecule has 0 radical (unpaired) electrons. The highest BCUT2D eigenvalue weighted by Crippen LogP contribution is 2.18. The van der Waals surface area contributed by atoms with E-state index in [1.54, 1.807) is 12.4 Å². The third kappa shape index (κ3) is 2.49. The van der Waals surface area contributed by atoms with Crippen molar-refractivity contribution >= 4 is 6.03 Å². The van der Waals surface area contributed by atoms with Gasteiger partial charge in [0.2, 0.25) is 0 Å². The molecule has 1 aromatic rings. The van der Waals surface area contributed by atoms with Gasteiger partial charge in [0.05, 0.1) is 12.2 Å². The van der Waals surface area contributed by atoms with Gasteiger partial charge in [-0.2, -0.15) is 5.10 Å². The highest BCUT2D eigenvalue weighted by atomic mass is 16.2. The Kier molecular flexibility index (Phi) is 2.89. The van der Waals surface area contributed by atoms with Gasteiger partial charge in [-0.1, -0.05) is 0 Å². The molecular formula is C10H16N4O. The van der Waals surface area contributed by atoms with Gasteiger partial charge >= 0.3 is 6.03 Å². The lowest BCUT2D eigenvalue weighted by molar-refractivity contribution is 0.225. The second-order valence-corrected chi connectivity index (χ2v) is 4.00.